The van der Waals surface area contributed by atoms with Crippen LogP contribution in [-0.2, 0) is 14.3 Å². The van der Waals surface area contributed by atoms with Crippen LogP contribution < -0.4 is 0 Å². The molecule has 1 rings (SSSR count). The first kappa shape index (κ1) is 14.7. The molecule has 0 amide bonds. The highest BCUT2D eigenvalue weighted by molar-refractivity contribution is 5.83. The van der Waals surface area contributed by atoms with Crippen molar-refractivity contribution in [3.05, 3.63) is 0 Å². The Morgan fingerprint density at radius 1 is 1.50 bits per heavy atom. The Morgan fingerprint density at radius 3 is 2.94 bits per heavy atom. The van der Waals surface area contributed by atoms with Gasteiger partial charge >= 0.3 is 5.97 Å². The number of carbonyl (C=O) groups excluding carboxylic acids is 2. The van der Waals surface area contributed by atoms with Crippen LogP contribution in [0.15, 0.2) is 0 Å². The van der Waals surface area contributed by atoms with Crippen molar-refractivity contribution in [2.45, 2.75) is 38.5 Å². The molecule has 1 fully saturated rings. The van der Waals surface area contributed by atoms with E-state index in [1.165, 1.54) is 7.11 Å². The number of rotatable bonds is 5. The van der Waals surface area contributed by atoms with E-state index in [9.17, 15) is 9.59 Å². The molecule has 0 aromatic rings. The number of aliphatic hydroxyl groups is 1. The third kappa shape index (κ3) is 4.50. The minimum Gasteiger partial charge on any atom is -0.469 e. The predicted molar refractivity (Wildman–Crippen MR) is 66.6 cm³/mol. The quantitative estimate of drug-likeness (QED) is 0.455. The SMILES string of the molecule is COC(=O)CCCC#CC[C@H]1C(=O)CCC1CO. The maximum Gasteiger partial charge on any atom is 0.305 e. The van der Waals surface area contributed by atoms with Gasteiger partial charge in [0.2, 0.25) is 0 Å². The number of Topliss-reactive ketones (excluding diaryl/α,β-unsaturated/α-hetero) is 1. The van der Waals surface area contributed by atoms with Crippen molar-refractivity contribution in [2.75, 3.05) is 13.7 Å². The standard InChI is InChI=1S/C14H20O4/c1-18-14(17)7-5-3-2-4-6-12-11(10-15)8-9-13(12)16/h11-12,15H,3,5-10H2,1H3/t11?,12-/m1/s1. The topological polar surface area (TPSA) is 63.6 Å². The zero-order valence-corrected chi connectivity index (χ0v) is 10.8. The molecule has 0 bridgehead atoms. The van der Waals surface area contributed by atoms with Gasteiger partial charge in [-0.15, -0.1) is 11.8 Å². The number of ether oxygens (including phenoxy) is 1. The minimum atomic E-state index is -0.219. The molecule has 100 valence electrons. The molecule has 0 heterocycles. The largest absolute Gasteiger partial charge is 0.469 e. The fourth-order valence-electron chi connectivity index (χ4n) is 2.17. The van der Waals surface area contributed by atoms with Crippen LogP contribution in [0.25, 0.3) is 0 Å². The number of carbonyl (C=O) groups is 2. The van der Waals surface area contributed by atoms with Crippen LogP contribution in [-0.4, -0.2) is 30.6 Å². The zero-order chi connectivity index (χ0) is 13.4. The van der Waals surface area contributed by atoms with E-state index in [2.05, 4.69) is 16.6 Å². The molecule has 1 N–H and O–H groups in total. The van der Waals surface area contributed by atoms with Crippen molar-refractivity contribution in [1.82, 2.24) is 0 Å². The van der Waals surface area contributed by atoms with E-state index in [-0.39, 0.29) is 30.2 Å². The van der Waals surface area contributed by atoms with E-state index in [0.29, 0.717) is 32.1 Å². The molecular weight excluding hydrogens is 232 g/mol. The van der Waals surface area contributed by atoms with E-state index in [1.54, 1.807) is 0 Å². The molecule has 2 atom stereocenters. The molecule has 4 nitrogen and oxygen atoms in total. The predicted octanol–water partition coefficient (Wildman–Crippen LogP) is 1.31. The van der Waals surface area contributed by atoms with E-state index >= 15 is 0 Å². The molecule has 0 spiro atoms. The van der Waals surface area contributed by atoms with Crippen LogP contribution in [0.4, 0.5) is 0 Å². The lowest BCUT2D eigenvalue weighted by atomic mass is 9.93. The number of methoxy groups -OCH3 is 1. The molecule has 1 aliphatic carbocycles. The molecule has 1 saturated carbocycles. The minimum absolute atomic E-state index is 0.0699. The fourth-order valence-corrected chi connectivity index (χ4v) is 2.17. The summed E-state index contributed by atoms with van der Waals surface area (Å²) in [6, 6.07) is 0. The number of hydrogen-bond donors (Lipinski definition) is 1. The second kappa shape index (κ2) is 7.88. The van der Waals surface area contributed by atoms with Gasteiger partial charge in [0, 0.05) is 38.2 Å². The van der Waals surface area contributed by atoms with Crippen molar-refractivity contribution in [3.8, 4) is 11.8 Å². The zero-order valence-electron chi connectivity index (χ0n) is 10.8. The number of unbranched alkanes of at least 4 members (excludes halogenated alkanes) is 1. The molecule has 18 heavy (non-hydrogen) atoms. The monoisotopic (exact) mass is 252 g/mol. The first-order valence-electron chi connectivity index (χ1n) is 6.35. The van der Waals surface area contributed by atoms with Crippen molar-refractivity contribution in [2.24, 2.45) is 11.8 Å². The maximum atomic E-state index is 11.6. The maximum absolute atomic E-state index is 11.6. The van der Waals surface area contributed by atoms with E-state index in [4.69, 9.17) is 5.11 Å². The van der Waals surface area contributed by atoms with Gasteiger partial charge in [-0.3, -0.25) is 9.59 Å². The van der Waals surface area contributed by atoms with Gasteiger partial charge < -0.3 is 9.84 Å². The van der Waals surface area contributed by atoms with Crippen LogP contribution in [0.2, 0.25) is 0 Å². The molecule has 0 saturated heterocycles. The molecule has 4 heteroatoms. The van der Waals surface area contributed by atoms with Crippen LogP contribution >= 0.6 is 0 Å². The molecule has 0 aromatic heterocycles. The van der Waals surface area contributed by atoms with Crippen molar-refractivity contribution in [3.63, 3.8) is 0 Å². The Bertz CT molecular complexity index is 351. The lowest BCUT2D eigenvalue weighted by molar-refractivity contribution is -0.140. The molecule has 0 radical (unpaired) electrons. The van der Waals surface area contributed by atoms with E-state index < -0.39 is 0 Å². The highest BCUT2D eigenvalue weighted by Gasteiger charge is 2.33. The molecule has 1 unspecified atom stereocenters. The van der Waals surface area contributed by atoms with Crippen molar-refractivity contribution >= 4 is 11.8 Å². The Labute approximate surface area is 108 Å². The number of esters is 1. The molecular formula is C14H20O4. The van der Waals surface area contributed by atoms with Crippen LogP contribution in [0.3, 0.4) is 0 Å². The smallest absolute Gasteiger partial charge is 0.305 e. The Balaban J connectivity index is 2.24. The average Bonchev–Trinajstić information content (AvgIpc) is 2.74. The third-order valence-electron chi connectivity index (χ3n) is 3.34. The highest BCUT2D eigenvalue weighted by atomic mass is 16.5. The van der Waals surface area contributed by atoms with Crippen molar-refractivity contribution in [1.29, 1.82) is 0 Å². The summed E-state index contributed by atoms with van der Waals surface area (Å²) < 4.78 is 4.52. The highest BCUT2D eigenvalue weighted by Crippen LogP contribution is 2.30. The summed E-state index contributed by atoms with van der Waals surface area (Å²) in [4.78, 5) is 22.4. The van der Waals surface area contributed by atoms with Crippen LogP contribution in [0, 0.1) is 23.7 Å². The van der Waals surface area contributed by atoms with Gasteiger partial charge in [-0.2, -0.15) is 0 Å². The van der Waals surface area contributed by atoms with E-state index in [1.807, 2.05) is 0 Å². The molecule has 0 aliphatic heterocycles. The summed E-state index contributed by atoms with van der Waals surface area (Å²) in [7, 11) is 1.37. The van der Waals surface area contributed by atoms with Gasteiger partial charge in [-0.05, 0) is 18.8 Å². The summed E-state index contributed by atoms with van der Waals surface area (Å²) in [6.07, 6.45) is 3.58. The van der Waals surface area contributed by atoms with Gasteiger partial charge in [0.15, 0.2) is 0 Å². The summed E-state index contributed by atoms with van der Waals surface area (Å²) >= 11 is 0. The number of aliphatic hydroxyl groups excluding tert-OH is 1. The normalized spacial score (nSPS) is 22.4. The van der Waals surface area contributed by atoms with Gasteiger partial charge in [0.05, 0.1) is 7.11 Å². The number of ketones is 1. The van der Waals surface area contributed by atoms with Gasteiger partial charge in [0.1, 0.15) is 5.78 Å². The Hall–Kier alpha value is -1.34. The second-order valence-corrected chi connectivity index (χ2v) is 4.54. The van der Waals surface area contributed by atoms with Gasteiger partial charge in [-0.25, -0.2) is 0 Å². The summed E-state index contributed by atoms with van der Waals surface area (Å²) in [5, 5.41) is 9.13. The number of hydrogen-bond acceptors (Lipinski definition) is 4. The van der Waals surface area contributed by atoms with Gasteiger partial charge in [-0.1, -0.05) is 0 Å². The first-order chi connectivity index (χ1) is 8.69. The lowest BCUT2D eigenvalue weighted by Gasteiger charge is -2.12. The van der Waals surface area contributed by atoms with Gasteiger partial charge in [0.25, 0.3) is 0 Å². The van der Waals surface area contributed by atoms with E-state index in [0.717, 1.165) is 6.42 Å². The fraction of sp³-hybridized carbons (Fsp3) is 0.714. The Morgan fingerprint density at radius 2 is 2.28 bits per heavy atom. The van der Waals surface area contributed by atoms with Crippen LogP contribution in [0.5, 0.6) is 0 Å². The summed E-state index contributed by atoms with van der Waals surface area (Å²) in [6.45, 7) is 0.0699. The van der Waals surface area contributed by atoms with Crippen LogP contribution in [0.1, 0.15) is 38.5 Å². The third-order valence-corrected chi connectivity index (χ3v) is 3.34. The second-order valence-electron chi connectivity index (χ2n) is 4.54. The summed E-state index contributed by atoms with van der Waals surface area (Å²) in [5.74, 6) is 5.94. The van der Waals surface area contributed by atoms with Crippen molar-refractivity contribution < 1.29 is 19.4 Å². The molecule has 1 aliphatic rings. The lowest BCUT2D eigenvalue weighted by Crippen LogP contribution is -2.17. The first-order valence-corrected chi connectivity index (χ1v) is 6.35. The Kier molecular flexibility index (Phi) is 6.45. The molecule has 0 aromatic carbocycles. The summed E-state index contributed by atoms with van der Waals surface area (Å²) in [5.41, 5.74) is 0. The average molecular weight is 252 g/mol.